The molecule has 144 valence electrons. The maximum atomic E-state index is 12.5. The molecule has 3 aromatic heterocycles. The van der Waals surface area contributed by atoms with Crippen LogP contribution in [0.15, 0.2) is 24.5 Å². The Labute approximate surface area is 167 Å². The topological polar surface area (TPSA) is 97.0 Å². The van der Waals surface area contributed by atoms with Gasteiger partial charge in [0.1, 0.15) is 10.6 Å². The number of hydrogen-bond acceptors (Lipinski definition) is 7. The highest BCUT2D eigenvalue weighted by Gasteiger charge is 2.35. The number of nitrogens with zero attached hydrogens (tertiary/aromatic N) is 4. The molecule has 5 rings (SSSR count). The molecule has 7 nitrogen and oxygen atoms in total. The van der Waals surface area contributed by atoms with Gasteiger partial charge in [0, 0.05) is 48.4 Å². The molecule has 1 aliphatic heterocycles. The molecule has 0 bridgehead atoms. The highest BCUT2D eigenvalue weighted by Crippen LogP contribution is 2.40. The smallest absolute Gasteiger partial charge is 0.226 e. The summed E-state index contributed by atoms with van der Waals surface area (Å²) in [4.78, 5) is 30.4. The van der Waals surface area contributed by atoms with Crippen molar-refractivity contribution in [3.63, 3.8) is 0 Å². The van der Waals surface area contributed by atoms with Crippen LogP contribution >= 0.6 is 11.3 Å². The fourth-order valence-corrected chi connectivity index (χ4v) is 4.96. The summed E-state index contributed by atoms with van der Waals surface area (Å²) in [6.45, 7) is 2.65. The van der Waals surface area contributed by atoms with Crippen LogP contribution in [0.2, 0.25) is 0 Å². The van der Waals surface area contributed by atoms with Gasteiger partial charge in [-0.3, -0.25) is 9.78 Å². The second-order valence-electron chi connectivity index (χ2n) is 7.32. The average molecular weight is 395 g/mol. The van der Waals surface area contributed by atoms with Crippen LogP contribution in [-0.4, -0.2) is 45.4 Å². The molecule has 1 fully saturated rings. The van der Waals surface area contributed by atoms with Crippen molar-refractivity contribution >= 4 is 33.3 Å². The van der Waals surface area contributed by atoms with Gasteiger partial charge in [0.2, 0.25) is 5.91 Å². The molecule has 1 aliphatic carbocycles. The molecular formula is C20H22N6OS. The molecule has 1 amide bonds. The first-order chi connectivity index (χ1) is 13.7. The SMILES string of the molecule is NCCNc1nc(-c2ccncc2)nc2sc3c(c12)CCN(C(=O)C1CC1)C3. The number of thiophene rings is 1. The first-order valence-electron chi connectivity index (χ1n) is 9.70. The predicted octanol–water partition coefficient (Wildman–Crippen LogP) is 2.42. The normalized spacial score (nSPS) is 16.2. The van der Waals surface area contributed by atoms with Crippen molar-refractivity contribution in [2.45, 2.75) is 25.8 Å². The third kappa shape index (κ3) is 3.12. The number of rotatable bonds is 5. The van der Waals surface area contributed by atoms with E-state index in [-0.39, 0.29) is 5.92 Å². The van der Waals surface area contributed by atoms with E-state index in [1.807, 2.05) is 17.0 Å². The quantitative estimate of drug-likeness (QED) is 0.690. The number of hydrogen-bond donors (Lipinski definition) is 2. The van der Waals surface area contributed by atoms with Crippen LogP contribution in [0.25, 0.3) is 21.6 Å². The second kappa shape index (κ2) is 7.10. The molecule has 4 heterocycles. The molecule has 0 radical (unpaired) electrons. The number of fused-ring (bicyclic) bond motifs is 3. The summed E-state index contributed by atoms with van der Waals surface area (Å²) in [7, 11) is 0. The van der Waals surface area contributed by atoms with Crippen molar-refractivity contribution in [1.29, 1.82) is 0 Å². The van der Waals surface area contributed by atoms with Crippen LogP contribution < -0.4 is 11.1 Å². The zero-order valence-corrected chi connectivity index (χ0v) is 16.3. The van der Waals surface area contributed by atoms with Gasteiger partial charge in [0.15, 0.2) is 5.82 Å². The van der Waals surface area contributed by atoms with Crippen molar-refractivity contribution in [2.24, 2.45) is 11.7 Å². The number of nitrogens with one attached hydrogen (secondary N) is 1. The van der Waals surface area contributed by atoms with Crippen molar-refractivity contribution in [3.8, 4) is 11.4 Å². The minimum atomic E-state index is 0.260. The maximum Gasteiger partial charge on any atom is 0.226 e. The first-order valence-corrected chi connectivity index (χ1v) is 10.5. The van der Waals surface area contributed by atoms with Crippen molar-refractivity contribution < 1.29 is 4.79 Å². The van der Waals surface area contributed by atoms with Crippen molar-refractivity contribution in [1.82, 2.24) is 19.9 Å². The lowest BCUT2D eigenvalue weighted by Gasteiger charge is -2.27. The van der Waals surface area contributed by atoms with Crippen LogP contribution in [0.1, 0.15) is 23.3 Å². The lowest BCUT2D eigenvalue weighted by atomic mass is 10.0. The van der Waals surface area contributed by atoms with Gasteiger partial charge in [0.05, 0.1) is 11.9 Å². The molecule has 2 aliphatic rings. The molecule has 3 N–H and O–H groups in total. The van der Waals surface area contributed by atoms with Gasteiger partial charge in [-0.25, -0.2) is 9.97 Å². The van der Waals surface area contributed by atoms with E-state index in [1.54, 1.807) is 23.7 Å². The largest absolute Gasteiger partial charge is 0.368 e. The number of amides is 1. The van der Waals surface area contributed by atoms with Gasteiger partial charge in [-0.1, -0.05) is 0 Å². The minimum Gasteiger partial charge on any atom is -0.368 e. The minimum absolute atomic E-state index is 0.260. The molecule has 0 unspecified atom stereocenters. The predicted molar refractivity (Wildman–Crippen MR) is 110 cm³/mol. The summed E-state index contributed by atoms with van der Waals surface area (Å²) in [5.74, 6) is 2.09. The summed E-state index contributed by atoms with van der Waals surface area (Å²) in [6.07, 6.45) is 6.43. The van der Waals surface area contributed by atoms with E-state index in [9.17, 15) is 4.79 Å². The zero-order valence-electron chi connectivity index (χ0n) is 15.5. The fraction of sp³-hybridized carbons (Fsp3) is 0.400. The Morgan fingerprint density at radius 2 is 2.11 bits per heavy atom. The third-order valence-corrected chi connectivity index (χ3v) is 6.42. The summed E-state index contributed by atoms with van der Waals surface area (Å²) >= 11 is 1.68. The van der Waals surface area contributed by atoms with E-state index < -0.39 is 0 Å². The van der Waals surface area contributed by atoms with Crippen LogP contribution in [0.3, 0.4) is 0 Å². The van der Waals surface area contributed by atoms with E-state index in [4.69, 9.17) is 15.7 Å². The lowest BCUT2D eigenvalue weighted by Crippen LogP contribution is -2.36. The van der Waals surface area contributed by atoms with Crippen LogP contribution in [-0.2, 0) is 17.8 Å². The Hall–Kier alpha value is -2.58. The number of carbonyl (C=O) groups is 1. The number of pyridine rings is 1. The summed E-state index contributed by atoms with van der Waals surface area (Å²) in [5, 5.41) is 4.47. The molecule has 0 saturated heterocycles. The van der Waals surface area contributed by atoms with Gasteiger partial charge in [-0.2, -0.15) is 0 Å². The molecular weight excluding hydrogens is 372 g/mol. The van der Waals surface area contributed by atoms with E-state index in [0.29, 0.717) is 31.4 Å². The number of carbonyl (C=O) groups excluding carboxylic acids is 1. The molecule has 0 aromatic carbocycles. The van der Waals surface area contributed by atoms with Gasteiger partial charge in [-0.15, -0.1) is 11.3 Å². The van der Waals surface area contributed by atoms with Crippen molar-refractivity contribution in [3.05, 3.63) is 35.0 Å². The molecule has 3 aromatic rings. The monoisotopic (exact) mass is 394 g/mol. The molecule has 28 heavy (non-hydrogen) atoms. The van der Waals surface area contributed by atoms with Crippen LogP contribution in [0.4, 0.5) is 5.82 Å². The average Bonchev–Trinajstić information content (AvgIpc) is 3.52. The van der Waals surface area contributed by atoms with Crippen LogP contribution in [0, 0.1) is 5.92 Å². The first kappa shape index (κ1) is 17.5. The van der Waals surface area contributed by atoms with Crippen LogP contribution in [0.5, 0.6) is 0 Å². The molecule has 8 heteroatoms. The number of nitrogens with two attached hydrogens (primary N) is 1. The van der Waals surface area contributed by atoms with E-state index >= 15 is 0 Å². The summed E-state index contributed by atoms with van der Waals surface area (Å²) in [5.41, 5.74) is 7.93. The Balaban J connectivity index is 1.57. The highest BCUT2D eigenvalue weighted by atomic mass is 32.1. The van der Waals surface area contributed by atoms with Crippen molar-refractivity contribution in [2.75, 3.05) is 25.0 Å². The zero-order chi connectivity index (χ0) is 19.1. The van der Waals surface area contributed by atoms with E-state index in [1.165, 1.54) is 10.4 Å². The van der Waals surface area contributed by atoms with Gasteiger partial charge < -0.3 is 16.0 Å². The number of aromatic nitrogens is 3. The summed E-state index contributed by atoms with van der Waals surface area (Å²) in [6, 6.07) is 3.83. The standard InChI is InChI=1S/C20H22N6OS/c21-6-9-23-18-16-14-5-10-26(20(27)13-1-2-13)11-15(14)28-19(16)25-17(24-18)12-3-7-22-8-4-12/h3-4,7-8,13H,1-2,5-6,9-11,21H2,(H,23,24,25). The Bertz CT molecular complexity index is 1030. The molecule has 1 saturated carbocycles. The van der Waals surface area contributed by atoms with Gasteiger partial charge >= 0.3 is 0 Å². The lowest BCUT2D eigenvalue weighted by molar-refractivity contribution is -0.133. The Morgan fingerprint density at radius 1 is 1.29 bits per heavy atom. The highest BCUT2D eigenvalue weighted by molar-refractivity contribution is 7.19. The third-order valence-electron chi connectivity index (χ3n) is 5.31. The van der Waals surface area contributed by atoms with Gasteiger partial charge in [-0.05, 0) is 37.0 Å². The molecule has 0 atom stereocenters. The second-order valence-corrected chi connectivity index (χ2v) is 8.40. The molecule has 0 spiro atoms. The van der Waals surface area contributed by atoms with E-state index in [0.717, 1.165) is 47.4 Å². The number of anilines is 1. The maximum absolute atomic E-state index is 12.5. The Kier molecular flexibility index (Phi) is 4.44. The van der Waals surface area contributed by atoms with E-state index in [2.05, 4.69) is 10.3 Å². The summed E-state index contributed by atoms with van der Waals surface area (Å²) < 4.78 is 0. The Morgan fingerprint density at radius 3 is 2.86 bits per heavy atom. The fourth-order valence-electron chi connectivity index (χ4n) is 3.72. The van der Waals surface area contributed by atoms with Gasteiger partial charge in [0.25, 0.3) is 0 Å².